The molecular formula is C27H31NO5. The zero-order chi connectivity index (χ0) is 23.4. The molecule has 0 radical (unpaired) electrons. The predicted molar refractivity (Wildman–Crippen MR) is 128 cm³/mol. The molecule has 0 N–H and O–H groups in total. The molecular weight excluding hydrogens is 418 g/mol. The van der Waals surface area contributed by atoms with Crippen LogP contribution >= 0.6 is 0 Å². The van der Waals surface area contributed by atoms with Gasteiger partial charge in [-0.05, 0) is 67.4 Å². The summed E-state index contributed by atoms with van der Waals surface area (Å²) in [6.45, 7) is 2.29. The normalized spacial score (nSPS) is 21.5. The molecule has 0 unspecified atom stereocenters. The summed E-state index contributed by atoms with van der Waals surface area (Å²) in [6.07, 6.45) is 8.02. The monoisotopic (exact) mass is 449 g/mol. The van der Waals surface area contributed by atoms with Crippen molar-refractivity contribution in [2.45, 2.75) is 44.9 Å². The Labute approximate surface area is 195 Å². The molecule has 4 rings (SSSR count). The van der Waals surface area contributed by atoms with Gasteiger partial charge in [0.15, 0.2) is 17.2 Å². The fraction of sp³-hybridized carbons (Fsp3) is 0.407. The maximum Gasteiger partial charge on any atom is 0.363 e. The highest BCUT2D eigenvalue weighted by molar-refractivity contribution is 6.13. The van der Waals surface area contributed by atoms with Crippen LogP contribution in [0, 0.1) is 5.92 Å². The van der Waals surface area contributed by atoms with Gasteiger partial charge in [-0.15, -0.1) is 0 Å². The number of methoxy groups -OCH3 is 3. The third kappa shape index (κ3) is 4.90. The van der Waals surface area contributed by atoms with Crippen LogP contribution in [0.15, 0.2) is 47.1 Å². The zero-order valence-corrected chi connectivity index (χ0v) is 19.7. The van der Waals surface area contributed by atoms with Gasteiger partial charge in [0.2, 0.25) is 5.90 Å². The standard InChI is InChI=1S/C27H31NO5/c1-5-17-6-8-18(9-7-17)19-10-12-20(13-11-19)26-28-22(27(29)33-26)14-21-15-24(31-3)25(32-4)16-23(21)30-2/h10-18H,5-9H2,1-4H3. The number of benzene rings is 2. The van der Waals surface area contributed by atoms with Gasteiger partial charge in [0.05, 0.1) is 21.3 Å². The molecule has 0 saturated heterocycles. The Balaban J connectivity index is 1.55. The summed E-state index contributed by atoms with van der Waals surface area (Å²) >= 11 is 0. The quantitative estimate of drug-likeness (QED) is 0.398. The molecule has 0 amide bonds. The summed E-state index contributed by atoms with van der Waals surface area (Å²) < 4.78 is 21.6. The lowest BCUT2D eigenvalue weighted by Crippen LogP contribution is -2.13. The second-order valence-electron chi connectivity index (χ2n) is 8.53. The molecule has 33 heavy (non-hydrogen) atoms. The molecule has 0 aromatic heterocycles. The van der Waals surface area contributed by atoms with Crippen molar-refractivity contribution in [3.05, 3.63) is 58.8 Å². The van der Waals surface area contributed by atoms with E-state index in [1.165, 1.54) is 37.7 Å². The summed E-state index contributed by atoms with van der Waals surface area (Å²) in [6, 6.07) is 11.7. The van der Waals surface area contributed by atoms with Crippen LogP contribution in [0.2, 0.25) is 0 Å². The Morgan fingerprint density at radius 2 is 1.58 bits per heavy atom. The van der Waals surface area contributed by atoms with Gasteiger partial charge in [0.25, 0.3) is 0 Å². The molecule has 6 heteroatoms. The van der Waals surface area contributed by atoms with E-state index in [-0.39, 0.29) is 5.70 Å². The second kappa shape index (κ2) is 10.1. The van der Waals surface area contributed by atoms with Crippen molar-refractivity contribution < 1.29 is 23.7 Å². The van der Waals surface area contributed by atoms with E-state index in [1.54, 1.807) is 39.5 Å². The van der Waals surface area contributed by atoms with Crippen molar-refractivity contribution in [1.29, 1.82) is 0 Å². The first-order chi connectivity index (χ1) is 16.1. The smallest absolute Gasteiger partial charge is 0.363 e. The van der Waals surface area contributed by atoms with E-state index in [2.05, 4.69) is 24.0 Å². The van der Waals surface area contributed by atoms with Crippen LogP contribution in [0.4, 0.5) is 0 Å². The van der Waals surface area contributed by atoms with E-state index in [0.717, 1.165) is 11.5 Å². The largest absolute Gasteiger partial charge is 0.496 e. The summed E-state index contributed by atoms with van der Waals surface area (Å²) in [7, 11) is 4.67. The number of esters is 1. The SMILES string of the molecule is CCC1CCC(c2ccc(C3=NC(=Cc4cc(OC)c(OC)cc4OC)C(=O)O3)cc2)CC1. The minimum Gasteiger partial charge on any atom is -0.496 e. The Bertz CT molecular complexity index is 1060. The average Bonchev–Trinajstić information content (AvgIpc) is 3.23. The number of carbonyl (C=O) groups is 1. The van der Waals surface area contributed by atoms with Crippen LogP contribution in [0.1, 0.15) is 61.6 Å². The van der Waals surface area contributed by atoms with Crippen LogP contribution in [0.5, 0.6) is 17.2 Å². The molecule has 2 aliphatic rings. The highest BCUT2D eigenvalue weighted by atomic mass is 16.6. The number of hydrogen-bond donors (Lipinski definition) is 0. The Hall–Kier alpha value is -3.28. The highest BCUT2D eigenvalue weighted by Gasteiger charge is 2.26. The number of cyclic esters (lactones) is 1. The number of rotatable bonds is 7. The molecule has 2 aromatic rings. The number of aliphatic imine (C=N–C) groups is 1. The fourth-order valence-electron chi connectivity index (χ4n) is 4.65. The first-order valence-electron chi connectivity index (χ1n) is 11.5. The lowest BCUT2D eigenvalue weighted by atomic mass is 9.78. The van der Waals surface area contributed by atoms with E-state index < -0.39 is 5.97 Å². The van der Waals surface area contributed by atoms with Crippen LogP contribution in [0.3, 0.4) is 0 Å². The summed E-state index contributed by atoms with van der Waals surface area (Å²) in [5.74, 6) is 2.92. The van der Waals surface area contributed by atoms with Gasteiger partial charge < -0.3 is 18.9 Å². The summed E-state index contributed by atoms with van der Waals surface area (Å²) in [5.41, 5.74) is 2.99. The molecule has 1 heterocycles. The lowest BCUT2D eigenvalue weighted by molar-refractivity contribution is -0.129. The number of carbonyl (C=O) groups excluding carboxylic acids is 1. The topological polar surface area (TPSA) is 66.3 Å². The van der Waals surface area contributed by atoms with Crippen molar-refractivity contribution in [2.24, 2.45) is 10.9 Å². The van der Waals surface area contributed by atoms with E-state index in [9.17, 15) is 4.79 Å². The molecule has 2 aromatic carbocycles. The molecule has 0 bridgehead atoms. The minimum atomic E-state index is -0.496. The van der Waals surface area contributed by atoms with Gasteiger partial charge in [0, 0.05) is 17.2 Å². The first-order valence-corrected chi connectivity index (χ1v) is 11.5. The van der Waals surface area contributed by atoms with Crippen LogP contribution in [-0.4, -0.2) is 33.2 Å². The molecule has 1 saturated carbocycles. The van der Waals surface area contributed by atoms with Crippen molar-refractivity contribution >= 4 is 17.9 Å². The van der Waals surface area contributed by atoms with Gasteiger partial charge in [-0.25, -0.2) is 9.79 Å². The van der Waals surface area contributed by atoms with Crippen LogP contribution in [-0.2, 0) is 9.53 Å². The van der Waals surface area contributed by atoms with E-state index in [0.29, 0.717) is 34.6 Å². The highest BCUT2D eigenvalue weighted by Crippen LogP contribution is 2.38. The average molecular weight is 450 g/mol. The van der Waals surface area contributed by atoms with Crippen molar-refractivity contribution in [2.75, 3.05) is 21.3 Å². The Morgan fingerprint density at radius 3 is 2.18 bits per heavy atom. The van der Waals surface area contributed by atoms with Crippen molar-refractivity contribution in [3.63, 3.8) is 0 Å². The zero-order valence-electron chi connectivity index (χ0n) is 19.7. The van der Waals surface area contributed by atoms with E-state index in [1.807, 2.05) is 12.1 Å². The second-order valence-corrected chi connectivity index (χ2v) is 8.53. The van der Waals surface area contributed by atoms with Crippen molar-refractivity contribution in [1.82, 2.24) is 0 Å². The molecule has 6 nitrogen and oxygen atoms in total. The van der Waals surface area contributed by atoms with Gasteiger partial charge in [-0.2, -0.15) is 0 Å². The molecule has 1 aliphatic heterocycles. The predicted octanol–water partition coefficient (Wildman–Crippen LogP) is 5.74. The summed E-state index contributed by atoms with van der Waals surface area (Å²) in [5, 5.41) is 0. The Morgan fingerprint density at radius 1 is 0.939 bits per heavy atom. The minimum absolute atomic E-state index is 0.206. The molecule has 1 aliphatic carbocycles. The molecule has 174 valence electrons. The van der Waals surface area contributed by atoms with Gasteiger partial charge in [-0.1, -0.05) is 25.5 Å². The maximum atomic E-state index is 12.5. The van der Waals surface area contributed by atoms with E-state index in [4.69, 9.17) is 18.9 Å². The maximum absolute atomic E-state index is 12.5. The number of hydrogen-bond acceptors (Lipinski definition) is 6. The molecule has 1 fully saturated rings. The molecule has 0 spiro atoms. The Kier molecular flexibility index (Phi) is 7.02. The van der Waals surface area contributed by atoms with E-state index >= 15 is 0 Å². The summed E-state index contributed by atoms with van der Waals surface area (Å²) in [4.78, 5) is 17.0. The first kappa shape index (κ1) is 22.9. The van der Waals surface area contributed by atoms with Gasteiger partial charge in [-0.3, -0.25) is 0 Å². The van der Waals surface area contributed by atoms with Gasteiger partial charge >= 0.3 is 5.97 Å². The fourth-order valence-corrected chi connectivity index (χ4v) is 4.65. The lowest BCUT2D eigenvalue weighted by Gasteiger charge is -2.28. The van der Waals surface area contributed by atoms with Crippen molar-refractivity contribution in [3.8, 4) is 17.2 Å². The number of ether oxygens (including phenoxy) is 4. The third-order valence-electron chi connectivity index (χ3n) is 6.70. The van der Waals surface area contributed by atoms with Crippen LogP contribution in [0.25, 0.3) is 6.08 Å². The van der Waals surface area contributed by atoms with Crippen LogP contribution < -0.4 is 14.2 Å². The number of nitrogens with zero attached hydrogens (tertiary/aromatic N) is 1. The third-order valence-corrected chi connectivity index (χ3v) is 6.70. The molecule has 0 atom stereocenters. The van der Waals surface area contributed by atoms with Gasteiger partial charge in [0.1, 0.15) is 5.75 Å².